The largest absolute Gasteiger partial charge is 0.459 e. The van der Waals surface area contributed by atoms with Crippen molar-refractivity contribution in [1.29, 1.82) is 0 Å². The van der Waals surface area contributed by atoms with Gasteiger partial charge in [0, 0.05) is 6.54 Å². The Morgan fingerprint density at radius 3 is 2.45 bits per heavy atom. The van der Waals surface area contributed by atoms with Crippen LogP contribution >= 0.6 is 12.2 Å². The second kappa shape index (κ2) is 6.72. The van der Waals surface area contributed by atoms with Crippen LogP contribution in [0.15, 0.2) is 47.1 Å². The number of amides is 1. The quantitative estimate of drug-likeness (QED) is 0.755. The molecule has 0 saturated carbocycles. The summed E-state index contributed by atoms with van der Waals surface area (Å²) in [6, 6.07) is 10.6. The molecule has 0 aliphatic carbocycles. The molecule has 0 aliphatic heterocycles. The lowest BCUT2D eigenvalue weighted by Crippen LogP contribution is -2.28. The van der Waals surface area contributed by atoms with Crippen LogP contribution in [0.4, 0.5) is 11.4 Å². The number of benzene rings is 1. The summed E-state index contributed by atoms with van der Waals surface area (Å²) in [5.74, 6) is -0.0484. The minimum atomic E-state index is -0.307. The molecule has 3 N–H and O–H groups in total. The molecular formula is C14H15N3O2S. The number of hydrogen-bond acceptors (Lipinski definition) is 3. The van der Waals surface area contributed by atoms with Gasteiger partial charge in [-0.25, -0.2) is 0 Å². The number of nitrogens with one attached hydrogen (secondary N) is 3. The molecule has 2 aromatic rings. The number of carbonyl (C=O) groups excluding carboxylic acids is 1. The summed E-state index contributed by atoms with van der Waals surface area (Å²) in [7, 11) is 0. The lowest BCUT2D eigenvalue weighted by molar-refractivity contribution is 0.0996. The van der Waals surface area contributed by atoms with Crippen LogP contribution < -0.4 is 16.0 Å². The lowest BCUT2D eigenvalue weighted by Gasteiger charge is -2.13. The molecule has 104 valence electrons. The fraction of sp³-hybridized carbons (Fsp3) is 0.143. The Morgan fingerprint density at radius 1 is 1.15 bits per heavy atom. The fourth-order valence-electron chi connectivity index (χ4n) is 1.62. The van der Waals surface area contributed by atoms with E-state index in [4.69, 9.17) is 16.6 Å². The molecule has 5 nitrogen and oxygen atoms in total. The van der Waals surface area contributed by atoms with Crippen molar-refractivity contribution in [2.24, 2.45) is 0 Å². The molecule has 0 unspecified atom stereocenters. The summed E-state index contributed by atoms with van der Waals surface area (Å²) in [5.41, 5.74) is 1.35. The second-order valence-corrected chi connectivity index (χ2v) is 4.37. The van der Waals surface area contributed by atoms with Gasteiger partial charge in [0.1, 0.15) is 0 Å². The highest BCUT2D eigenvalue weighted by Crippen LogP contribution is 2.21. The number of furan rings is 1. The van der Waals surface area contributed by atoms with Crippen molar-refractivity contribution < 1.29 is 9.21 Å². The van der Waals surface area contributed by atoms with Crippen molar-refractivity contribution in [3.05, 3.63) is 48.4 Å². The van der Waals surface area contributed by atoms with Crippen LogP contribution in [-0.4, -0.2) is 17.6 Å². The number of anilines is 2. The van der Waals surface area contributed by atoms with Crippen LogP contribution in [0.25, 0.3) is 0 Å². The molecule has 1 amide bonds. The van der Waals surface area contributed by atoms with Gasteiger partial charge in [0.15, 0.2) is 10.9 Å². The Balaban J connectivity index is 2.11. The Hall–Kier alpha value is -2.34. The van der Waals surface area contributed by atoms with Gasteiger partial charge >= 0.3 is 0 Å². The molecular weight excluding hydrogens is 274 g/mol. The van der Waals surface area contributed by atoms with E-state index in [1.807, 2.05) is 25.1 Å². The third-order valence-corrected chi connectivity index (χ3v) is 2.75. The molecule has 0 saturated heterocycles. The monoisotopic (exact) mass is 289 g/mol. The zero-order valence-electron chi connectivity index (χ0n) is 11.0. The molecule has 0 spiro atoms. The van der Waals surface area contributed by atoms with Crippen LogP contribution in [0.2, 0.25) is 0 Å². The van der Waals surface area contributed by atoms with Gasteiger partial charge in [0.2, 0.25) is 0 Å². The van der Waals surface area contributed by atoms with E-state index >= 15 is 0 Å². The van der Waals surface area contributed by atoms with Gasteiger partial charge in [-0.2, -0.15) is 0 Å². The molecule has 2 rings (SSSR count). The number of hydrogen-bond donors (Lipinski definition) is 3. The predicted octanol–water partition coefficient (Wildman–Crippen LogP) is 2.84. The van der Waals surface area contributed by atoms with Crippen LogP contribution in [-0.2, 0) is 0 Å². The van der Waals surface area contributed by atoms with Crippen molar-refractivity contribution >= 4 is 34.6 Å². The average molecular weight is 289 g/mol. The third-order valence-electron chi connectivity index (χ3n) is 2.51. The van der Waals surface area contributed by atoms with E-state index < -0.39 is 0 Å². The molecule has 20 heavy (non-hydrogen) atoms. The summed E-state index contributed by atoms with van der Waals surface area (Å²) in [4.78, 5) is 12.0. The van der Waals surface area contributed by atoms with E-state index in [0.717, 1.165) is 12.2 Å². The molecule has 1 aromatic carbocycles. The Kier molecular flexibility index (Phi) is 4.73. The predicted molar refractivity (Wildman–Crippen MR) is 83.0 cm³/mol. The first kappa shape index (κ1) is 14.1. The SMILES string of the molecule is CCNC(=S)Nc1ccccc1NC(=O)c1ccco1. The van der Waals surface area contributed by atoms with E-state index in [1.165, 1.54) is 6.26 Å². The molecule has 6 heteroatoms. The third kappa shape index (κ3) is 3.58. The van der Waals surface area contributed by atoms with Crippen LogP contribution in [0, 0.1) is 0 Å². The maximum atomic E-state index is 12.0. The van der Waals surface area contributed by atoms with Crippen LogP contribution in [0.1, 0.15) is 17.5 Å². The number of rotatable bonds is 4. The van der Waals surface area contributed by atoms with Crippen molar-refractivity contribution in [3.8, 4) is 0 Å². The average Bonchev–Trinajstić information content (AvgIpc) is 2.95. The zero-order chi connectivity index (χ0) is 14.4. The van der Waals surface area contributed by atoms with Crippen LogP contribution in [0.5, 0.6) is 0 Å². The Bertz CT molecular complexity index is 596. The van der Waals surface area contributed by atoms with Gasteiger partial charge < -0.3 is 20.4 Å². The van der Waals surface area contributed by atoms with Gasteiger partial charge in [0.25, 0.3) is 5.91 Å². The van der Waals surface area contributed by atoms with E-state index in [2.05, 4.69) is 16.0 Å². The Labute approximate surface area is 122 Å². The Morgan fingerprint density at radius 2 is 1.85 bits per heavy atom. The van der Waals surface area contributed by atoms with Crippen molar-refractivity contribution in [3.63, 3.8) is 0 Å². The minimum absolute atomic E-state index is 0.258. The molecule has 1 aromatic heterocycles. The normalized spacial score (nSPS) is 9.85. The molecule has 1 heterocycles. The maximum Gasteiger partial charge on any atom is 0.291 e. The number of thiocarbonyl (C=S) groups is 1. The number of carbonyl (C=O) groups is 1. The summed E-state index contributed by atoms with van der Waals surface area (Å²) >= 11 is 5.13. The highest BCUT2D eigenvalue weighted by Gasteiger charge is 2.11. The molecule has 0 aliphatic rings. The number of para-hydroxylation sites is 2. The highest BCUT2D eigenvalue weighted by atomic mass is 32.1. The first-order valence-electron chi connectivity index (χ1n) is 6.19. The van der Waals surface area contributed by atoms with E-state index in [9.17, 15) is 4.79 Å². The van der Waals surface area contributed by atoms with E-state index in [1.54, 1.807) is 18.2 Å². The van der Waals surface area contributed by atoms with Gasteiger partial charge in [-0.05, 0) is 43.4 Å². The topological polar surface area (TPSA) is 66.3 Å². The summed E-state index contributed by atoms with van der Waals surface area (Å²) < 4.78 is 5.06. The lowest BCUT2D eigenvalue weighted by atomic mass is 10.2. The zero-order valence-corrected chi connectivity index (χ0v) is 11.8. The van der Waals surface area contributed by atoms with Crippen molar-refractivity contribution in [2.75, 3.05) is 17.2 Å². The van der Waals surface area contributed by atoms with Gasteiger partial charge in [-0.3, -0.25) is 4.79 Å². The summed E-state index contributed by atoms with van der Waals surface area (Å²) in [5, 5.41) is 9.31. The van der Waals surface area contributed by atoms with E-state index in [-0.39, 0.29) is 11.7 Å². The second-order valence-electron chi connectivity index (χ2n) is 3.96. The van der Waals surface area contributed by atoms with Crippen molar-refractivity contribution in [1.82, 2.24) is 5.32 Å². The molecule has 0 fully saturated rings. The van der Waals surface area contributed by atoms with Gasteiger partial charge in [-0.15, -0.1) is 0 Å². The summed E-state index contributed by atoms with van der Waals surface area (Å²) in [6.07, 6.45) is 1.46. The molecule has 0 atom stereocenters. The smallest absolute Gasteiger partial charge is 0.291 e. The first-order chi connectivity index (χ1) is 9.70. The first-order valence-corrected chi connectivity index (χ1v) is 6.60. The van der Waals surface area contributed by atoms with Crippen molar-refractivity contribution in [2.45, 2.75) is 6.92 Å². The summed E-state index contributed by atoms with van der Waals surface area (Å²) in [6.45, 7) is 2.69. The molecule has 0 bridgehead atoms. The standard InChI is InChI=1S/C14H15N3O2S/c1-2-15-14(20)17-11-7-4-3-6-10(11)16-13(18)12-8-5-9-19-12/h3-9H,2H2,1H3,(H,16,18)(H2,15,17,20). The fourth-order valence-corrected chi connectivity index (χ4v) is 1.87. The van der Waals surface area contributed by atoms with Gasteiger partial charge in [0.05, 0.1) is 17.6 Å². The maximum absolute atomic E-state index is 12.0. The molecule has 0 radical (unpaired) electrons. The van der Waals surface area contributed by atoms with Gasteiger partial charge in [-0.1, -0.05) is 12.1 Å². The highest BCUT2D eigenvalue weighted by molar-refractivity contribution is 7.80. The minimum Gasteiger partial charge on any atom is -0.459 e. The van der Waals surface area contributed by atoms with E-state index in [0.29, 0.717) is 10.8 Å². The van der Waals surface area contributed by atoms with Crippen LogP contribution in [0.3, 0.4) is 0 Å².